The van der Waals surface area contributed by atoms with Crippen LogP contribution in [0, 0.1) is 24.1 Å². The van der Waals surface area contributed by atoms with Crippen molar-refractivity contribution >= 4 is 11.0 Å². The predicted molar refractivity (Wildman–Crippen MR) is 102 cm³/mol. The van der Waals surface area contributed by atoms with E-state index in [0.29, 0.717) is 17.0 Å². The lowest BCUT2D eigenvalue weighted by Gasteiger charge is -2.23. The maximum atomic E-state index is 13.5. The Hall–Kier alpha value is -3.53. The summed E-state index contributed by atoms with van der Waals surface area (Å²) in [5.74, 6) is 1.39. The van der Waals surface area contributed by atoms with Crippen molar-refractivity contribution in [2.24, 2.45) is 0 Å². The Labute approximate surface area is 160 Å². The zero-order valence-electron chi connectivity index (χ0n) is 15.3. The molecule has 1 atom stereocenters. The van der Waals surface area contributed by atoms with Crippen molar-refractivity contribution < 1.29 is 4.39 Å². The molecule has 28 heavy (non-hydrogen) atoms. The summed E-state index contributed by atoms with van der Waals surface area (Å²) in [6, 6.07) is 10.8. The number of aromatic nitrogens is 5. The first-order valence-corrected chi connectivity index (χ1v) is 9.22. The molecule has 4 aromatic rings. The van der Waals surface area contributed by atoms with Crippen molar-refractivity contribution in [3.8, 4) is 17.6 Å². The minimum absolute atomic E-state index is 0.100. The largest absolute Gasteiger partial charge is 0.337 e. The zero-order valence-corrected chi connectivity index (χ0v) is 15.3. The molecule has 0 saturated carbocycles. The number of hydrogen-bond acceptors (Lipinski definition) is 4. The van der Waals surface area contributed by atoms with Gasteiger partial charge in [-0.05, 0) is 55.2 Å². The average Bonchev–Trinajstić information content (AvgIpc) is 3.31. The number of H-pyrrole nitrogens is 1. The van der Waals surface area contributed by atoms with Gasteiger partial charge in [0.15, 0.2) is 5.82 Å². The van der Waals surface area contributed by atoms with E-state index in [0.717, 1.165) is 47.4 Å². The minimum atomic E-state index is -0.221. The number of benzene rings is 1. The van der Waals surface area contributed by atoms with Crippen molar-refractivity contribution in [3.63, 3.8) is 0 Å². The Morgan fingerprint density at radius 2 is 2.18 bits per heavy atom. The molecule has 138 valence electrons. The highest BCUT2D eigenvalue weighted by Crippen LogP contribution is 2.35. The molecule has 4 heterocycles. The first kappa shape index (κ1) is 16.6. The Morgan fingerprint density at radius 3 is 3.00 bits per heavy atom. The lowest BCUT2D eigenvalue weighted by Crippen LogP contribution is -2.18. The molecule has 1 aromatic carbocycles. The molecule has 1 aliphatic rings. The molecule has 3 aromatic heterocycles. The summed E-state index contributed by atoms with van der Waals surface area (Å²) in [4.78, 5) is 12.3. The van der Waals surface area contributed by atoms with E-state index in [9.17, 15) is 4.39 Å². The van der Waals surface area contributed by atoms with Gasteiger partial charge in [-0.25, -0.2) is 19.0 Å². The van der Waals surface area contributed by atoms with Gasteiger partial charge in [0, 0.05) is 24.0 Å². The number of halogens is 1. The van der Waals surface area contributed by atoms with Crippen LogP contribution in [0.1, 0.15) is 41.3 Å². The summed E-state index contributed by atoms with van der Waals surface area (Å²) in [5, 5.41) is 14.6. The van der Waals surface area contributed by atoms with Gasteiger partial charge in [-0.1, -0.05) is 6.07 Å². The number of rotatable bonds is 2. The monoisotopic (exact) mass is 372 g/mol. The van der Waals surface area contributed by atoms with E-state index in [-0.39, 0.29) is 11.7 Å². The molecule has 1 N–H and O–H groups in total. The van der Waals surface area contributed by atoms with Gasteiger partial charge in [-0.15, -0.1) is 5.10 Å². The first-order chi connectivity index (χ1) is 13.6. The fourth-order valence-corrected chi connectivity index (χ4v) is 3.99. The SMILES string of the molecule is Cc1cc(F)ccc1C1CCCn2nc(-c3cc4cc(C#N)cnc4[nH]3)nc21. The molecular weight excluding hydrogens is 355 g/mol. The highest BCUT2D eigenvalue weighted by Gasteiger charge is 2.27. The second kappa shape index (κ2) is 6.27. The molecule has 0 bridgehead atoms. The van der Waals surface area contributed by atoms with Gasteiger partial charge < -0.3 is 4.98 Å². The van der Waals surface area contributed by atoms with Crippen LogP contribution in [-0.2, 0) is 6.54 Å². The van der Waals surface area contributed by atoms with Crippen LogP contribution in [0.2, 0.25) is 0 Å². The molecule has 0 spiro atoms. The summed E-state index contributed by atoms with van der Waals surface area (Å²) >= 11 is 0. The van der Waals surface area contributed by atoms with Crippen LogP contribution in [-0.4, -0.2) is 24.7 Å². The standard InChI is InChI=1S/C21H17FN6/c1-12-7-15(22)4-5-16(12)17-3-2-6-28-21(17)26-20(27-28)18-9-14-8-13(10-23)11-24-19(14)25-18/h4-5,7-9,11,17H,2-3,6H2,1H3,(H,24,25). The fraction of sp³-hybridized carbons (Fsp3) is 0.238. The molecule has 1 aliphatic heterocycles. The van der Waals surface area contributed by atoms with Gasteiger partial charge in [-0.2, -0.15) is 5.26 Å². The molecule has 1 unspecified atom stereocenters. The van der Waals surface area contributed by atoms with Crippen LogP contribution in [0.25, 0.3) is 22.6 Å². The van der Waals surface area contributed by atoms with Crippen LogP contribution < -0.4 is 0 Å². The normalized spacial score (nSPS) is 16.1. The lowest BCUT2D eigenvalue weighted by atomic mass is 9.88. The molecule has 7 heteroatoms. The van der Waals surface area contributed by atoms with Gasteiger partial charge in [0.25, 0.3) is 0 Å². The number of fused-ring (bicyclic) bond motifs is 2. The summed E-state index contributed by atoms with van der Waals surface area (Å²) in [7, 11) is 0. The van der Waals surface area contributed by atoms with E-state index >= 15 is 0 Å². The number of pyridine rings is 1. The second-order valence-electron chi connectivity index (χ2n) is 7.17. The van der Waals surface area contributed by atoms with Crippen molar-refractivity contribution in [2.75, 3.05) is 0 Å². The average molecular weight is 372 g/mol. The van der Waals surface area contributed by atoms with Gasteiger partial charge in [0.05, 0.1) is 11.3 Å². The highest BCUT2D eigenvalue weighted by molar-refractivity contribution is 5.82. The number of aromatic amines is 1. The van der Waals surface area contributed by atoms with Gasteiger partial charge in [-0.3, -0.25) is 0 Å². The third-order valence-electron chi connectivity index (χ3n) is 5.32. The summed E-state index contributed by atoms with van der Waals surface area (Å²) < 4.78 is 15.5. The maximum Gasteiger partial charge on any atom is 0.197 e. The summed E-state index contributed by atoms with van der Waals surface area (Å²) in [5.41, 5.74) is 4.02. The Balaban J connectivity index is 1.58. The van der Waals surface area contributed by atoms with Crippen molar-refractivity contribution in [2.45, 2.75) is 32.2 Å². The zero-order chi connectivity index (χ0) is 19.3. The minimum Gasteiger partial charge on any atom is -0.337 e. The molecule has 5 rings (SSSR count). The van der Waals surface area contributed by atoms with Crippen LogP contribution in [0.5, 0.6) is 0 Å². The number of nitrogens with one attached hydrogen (secondary N) is 1. The topological polar surface area (TPSA) is 83.2 Å². The molecule has 6 nitrogen and oxygen atoms in total. The van der Waals surface area contributed by atoms with Crippen LogP contribution in [0.3, 0.4) is 0 Å². The number of aryl methyl sites for hydroxylation is 2. The summed E-state index contributed by atoms with van der Waals surface area (Å²) in [6.45, 7) is 2.75. The van der Waals surface area contributed by atoms with Gasteiger partial charge in [0.1, 0.15) is 23.4 Å². The molecule has 0 radical (unpaired) electrons. The lowest BCUT2D eigenvalue weighted by molar-refractivity contribution is 0.445. The Bertz CT molecular complexity index is 1250. The quantitative estimate of drug-likeness (QED) is 0.575. The molecule has 0 amide bonds. The van der Waals surface area contributed by atoms with E-state index in [1.54, 1.807) is 18.3 Å². The number of nitriles is 1. The highest BCUT2D eigenvalue weighted by atomic mass is 19.1. The van der Waals surface area contributed by atoms with E-state index < -0.39 is 0 Å². The van der Waals surface area contributed by atoms with Crippen molar-refractivity contribution in [1.29, 1.82) is 5.26 Å². The van der Waals surface area contributed by atoms with Crippen LogP contribution in [0.15, 0.2) is 36.5 Å². The van der Waals surface area contributed by atoms with Gasteiger partial charge >= 0.3 is 0 Å². The third-order valence-corrected chi connectivity index (χ3v) is 5.32. The molecule has 0 saturated heterocycles. The molecular formula is C21H17FN6. The smallest absolute Gasteiger partial charge is 0.197 e. The Morgan fingerprint density at radius 1 is 1.29 bits per heavy atom. The van der Waals surface area contributed by atoms with Crippen LogP contribution in [0.4, 0.5) is 4.39 Å². The maximum absolute atomic E-state index is 13.5. The van der Waals surface area contributed by atoms with Crippen molar-refractivity contribution in [1.82, 2.24) is 24.7 Å². The molecule has 0 aliphatic carbocycles. The molecule has 0 fully saturated rings. The predicted octanol–water partition coefficient (Wildman–Crippen LogP) is 4.07. The second-order valence-corrected chi connectivity index (χ2v) is 7.17. The van der Waals surface area contributed by atoms with E-state index in [2.05, 4.69) is 21.1 Å². The first-order valence-electron chi connectivity index (χ1n) is 9.22. The Kier molecular flexibility index (Phi) is 3.72. The van der Waals surface area contributed by atoms with E-state index in [1.165, 1.54) is 6.07 Å². The number of nitrogens with zero attached hydrogens (tertiary/aromatic N) is 5. The van der Waals surface area contributed by atoms with Gasteiger partial charge in [0.2, 0.25) is 0 Å². The summed E-state index contributed by atoms with van der Waals surface area (Å²) in [6.07, 6.45) is 3.50. The van der Waals surface area contributed by atoms with E-state index in [4.69, 9.17) is 10.2 Å². The van der Waals surface area contributed by atoms with Crippen LogP contribution >= 0.6 is 0 Å². The number of hydrogen-bond donors (Lipinski definition) is 1. The van der Waals surface area contributed by atoms with Crippen molar-refractivity contribution in [3.05, 3.63) is 64.9 Å². The fourth-order valence-electron chi connectivity index (χ4n) is 3.99. The van der Waals surface area contributed by atoms with E-state index in [1.807, 2.05) is 23.7 Å². The third kappa shape index (κ3) is 2.65.